The minimum atomic E-state index is -1.03. The molecule has 170 valence electrons. The molecule has 2 atom stereocenters. The topological polar surface area (TPSA) is 85.4 Å². The van der Waals surface area contributed by atoms with E-state index in [1.807, 2.05) is 37.3 Å². The highest BCUT2D eigenvalue weighted by Crippen LogP contribution is 2.25. The molecule has 0 N–H and O–H groups in total. The van der Waals surface area contributed by atoms with Crippen LogP contribution in [0.1, 0.15) is 51.5 Å². The summed E-state index contributed by atoms with van der Waals surface area (Å²) in [6.45, 7) is 3.92. The molecule has 3 amide bonds. The monoisotopic (exact) mass is 432 g/mol. The number of hydroxylamine groups is 2. The molecule has 1 aromatic carbocycles. The van der Waals surface area contributed by atoms with Crippen LogP contribution in [0.2, 0.25) is 0 Å². The van der Waals surface area contributed by atoms with Crippen molar-refractivity contribution in [1.29, 1.82) is 0 Å². The number of methoxy groups -OCH3 is 1. The molecule has 1 aromatic rings. The second-order valence-corrected chi connectivity index (χ2v) is 7.30. The van der Waals surface area contributed by atoms with Gasteiger partial charge in [-0.25, -0.2) is 9.59 Å². The Bertz CT molecular complexity index is 780. The van der Waals surface area contributed by atoms with Gasteiger partial charge in [-0.05, 0) is 30.9 Å². The molecule has 1 heterocycles. The summed E-state index contributed by atoms with van der Waals surface area (Å²) in [5.41, 5.74) is 0.836. The van der Waals surface area contributed by atoms with Gasteiger partial charge in [0.2, 0.25) is 0 Å². The molecule has 0 aromatic heterocycles. The summed E-state index contributed by atoms with van der Waals surface area (Å²) in [6.07, 6.45) is 4.96. The van der Waals surface area contributed by atoms with Crippen molar-refractivity contribution in [3.63, 3.8) is 0 Å². The van der Waals surface area contributed by atoms with Crippen LogP contribution in [0.3, 0.4) is 0 Å². The SMILES string of the molecule is CCCCCC(CC)OC(=O)C(CN1C(=O)N(OC)C(=O)C1=Cc1ccccc1)OC. The highest BCUT2D eigenvalue weighted by atomic mass is 16.7. The molecule has 1 fully saturated rings. The van der Waals surface area contributed by atoms with Crippen molar-refractivity contribution < 1.29 is 28.7 Å². The molecule has 2 unspecified atom stereocenters. The molecular formula is C23H32N2O6. The van der Waals surface area contributed by atoms with E-state index in [2.05, 4.69) is 6.92 Å². The van der Waals surface area contributed by atoms with Gasteiger partial charge >= 0.3 is 17.9 Å². The maximum Gasteiger partial charge on any atom is 0.356 e. The predicted molar refractivity (Wildman–Crippen MR) is 115 cm³/mol. The van der Waals surface area contributed by atoms with Crippen molar-refractivity contribution in [2.24, 2.45) is 0 Å². The summed E-state index contributed by atoms with van der Waals surface area (Å²) in [6, 6.07) is 8.44. The zero-order chi connectivity index (χ0) is 22.8. The smallest absolute Gasteiger partial charge is 0.356 e. The third kappa shape index (κ3) is 6.38. The first-order valence-corrected chi connectivity index (χ1v) is 10.7. The summed E-state index contributed by atoms with van der Waals surface area (Å²) in [5, 5.41) is 0.659. The van der Waals surface area contributed by atoms with Crippen molar-refractivity contribution in [2.75, 3.05) is 20.8 Å². The van der Waals surface area contributed by atoms with E-state index in [1.165, 1.54) is 19.1 Å². The highest BCUT2D eigenvalue weighted by Gasteiger charge is 2.44. The number of rotatable bonds is 12. The van der Waals surface area contributed by atoms with Gasteiger partial charge in [0.15, 0.2) is 6.10 Å². The fourth-order valence-corrected chi connectivity index (χ4v) is 3.32. The van der Waals surface area contributed by atoms with Crippen LogP contribution in [0, 0.1) is 0 Å². The molecule has 1 aliphatic heterocycles. The third-order valence-corrected chi connectivity index (χ3v) is 5.15. The first kappa shape index (κ1) is 24.6. The number of carbonyl (C=O) groups is 3. The molecule has 1 aliphatic rings. The van der Waals surface area contributed by atoms with E-state index >= 15 is 0 Å². The Morgan fingerprint density at radius 2 is 1.81 bits per heavy atom. The lowest BCUT2D eigenvalue weighted by Crippen LogP contribution is -2.41. The summed E-state index contributed by atoms with van der Waals surface area (Å²) in [7, 11) is 2.62. The van der Waals surface area contributed by atoms with Crippen LogP contribution in [0.4, 0.5) is 4.79 Å². The summed E-state index contributed by atoms with van der Waals surface area (Å²) >= 11 is 0. The van der Waals surface area contributed by atoms with Crippen LogP contribution < -0.4 is 0 Å². The van der Waals surface area contributed by atoms with Crippen molar-refractivity contribution in [3.05, 3.63) is 41.6 Å². The van der Waals surface area contributed by atoms with E-state index in [1.54, 1.807) is 6.08 Å². The molecule has 0 radical (unpaired) electrons. The second kappa shape index (κ2) is 12.2. The average Bonchev–Trinajstić information content (AvgIpc) is 3.00. The van der Waals surface area contributed by atoms with E-state index in [-0.39, 0.29) is 18.3 Å². The Morgan fingerprint density at radius 3 is 2.39 bits per heavy atom. The van der Waals surface area contributed by atoms with Gasteiger partial charge in [0.1, 0.15) is 11.8 Å². The predicted octanol–water partition coefficient (Wildman–Crippen LogP) is 3.77. The van der Waals surface area contributed by atoms with Crippen LogP contribution in [0.5, 0.6) is 0 Å². The number of imide groups is 1. The van der Waals surface area contributed by atoms with E-state index < -0.39 is 24.0 Å². The number of carbonyl (C=O) groups excluding carboxylic acids is 3. The van der Waals surface area contributed by atoms with Crippen LogP contribution in [0.15, 0.2) is 36.0 Å². The van der Waals surface area contributed by atoms with E-state index in [4.69, 9.17) is 14.3 Å². The van der Waals surface area contributed by atoms with Crippen molar-refractivity contribution in [3.8, 4) is 0 Å². The average molecular weight is 433 g/mol. The number of amides is 3. The summed E-state index contributed by atoms with van der Waals surface area (Å²) in [5.74, 6) is -1.16. The maximum absolute atomic E-state index is 12.7. The van der Waals surface area contributed by atoms with Gasteiger partial charge in [0, 0.05) is 7.11 Å². The minimum Gasteiger partial charge on any atom is -0.460 e. The van der Waals surface area contributed by atoms with E-state index in [9.17, 15) is 14.4 Å². The lowest BCUT2D eigenvalue weighted by Gasteiger charge is -2.24. The van der Waals surface area contributed by atoms with Gasteiger partial charge in [0.25, 0.3) is 0 Å². The van der Waals surface area contributed by atoms with Crippen LogP contribution >= 0.6 is 0 Å². The van der Waals surface area contributed by atoms with Crippen molar-refractivity contribution in [2.45, 2.75) is 58.2 Å². The normalized spacial score (nSPS) is 17.4. The maximum atomic E-state index is 12.7. The first-order chi connectivity index (χ1) is 15.0. The standard InChI is InChI=1S/C23H32N2O6/c1-5-7-9-14-18(6-2)31-22(27)20(29-3)16-24-19(15-17-12-10-8-11-13-17)21(26)25(30-4)23(24)28/h8,10-13,15,18,20H,5-7,9,14,16H2,1-4H3. The number of benzene rings is 1. The number of hydrogen-bond acceptors (Lipinski definition) is 6. The first-order valence-electron chi connectivity index (χ1n) is 10.7. The van der Waals surface area contributed by atoms with Crippen LogP contribution in [-0.2, 0) is 23.9 Å². The van der Waals surface area contributed by atoms with E-state index in [0.717, 1.165) is 31.2 Å². The molecule has 0 saturated carbocycles. The second-order valence-electron chi connectivity index (χ2n) is 7.30. The molecule has 0 spiro atoms. The third-order valence-electron chi connectivity index (χ3n) is 5.15. The Balaban J connectivity index is 2.18. The minimum absolute atomic E-state index is 0.0999. The van der Waals surface area contributed by atoms with Crippen LogP contribution in [-0.4, -0.2) is 60.8 Å². The van der Waals surface area contributed by atoms with Crippen molar-refractivity contribution >= 4 is 24.0 Å². The largest absolute Gasteiger partial charge is 0.460 e. The molecular weight excluding hydrogens is 400 g/mol. The molecule has 8 nitrogen and oxygen atoms in total. The molecule has 2 rings (SSSR count). The zero-order valence-electron chi connectivity index (χ0n) is 18.7. The highest BCUT2D eigenvalue weighted by molar-refractivity contribution is 6.13. The summed E-state index contributed by atoms with van der Waals surface area (Å²) < 4.78 is 11.0. The molecule has 1 saturated heterocycles. The molecule has 31 heavy (non-hydrogen) atoms. The lowest BCUT2D eigenvalue weighted by atomic mass is 10.1. The van der Waals surface area contributed by atoms with Gasteiger partial charge in [-0.1, -0.05) is 57.0 Å². The Hall–Kier alpha value is -2.71. The zero-order valence-corrected chi connectivity index (χ0v) is 18.7. The Morgan fingerprint density at radius 1 is 1.10 bits per heavy atom. The van der Waals surface area contributed by atoms with Gasteiger partial charge in [0.05, 0.1) is 13.7 Å². The molecule has 0 aliphatic carbocycles. The lowest BCUT2D eigenvalue weighted by molar-refractivity contribution is -0.162. The van der Waals surface area contributed by atoms with Crippen molar-refractivity contribution in [1.82, 2.24) is 9.96 Å². The van der Waals surface area contributed by atoms with Crippen LogP contribution in [0.25, 0.3) is 6.08 Å². The Labute approximate surface area is 183 Å². The molecule has 8 heteroatoms. The number of urea groups is 1. The number of unbranched alkanes of at least 4 members (excludes halogenated alkanes) is 2. The van der Waals surface area contributed by atoms with Gasteiger partial charge in [-0.2, -0.15) is 0 Å². The van der Waals surface area contributed by atoms with Gasteiger partial charge < -0.3 is 9.47 Å². The van der Waals surface area contributed by atoms with Gasteiger partial charge in [-0.3, -0.25) is 14.5 Å². The Kier molecular flexibility index (Phi) is 9.68. The fraction of sp³-hybridized carbons (Fsp3) is 0.522. The quantitative estimate of drug-likeness (QED) is 0.216. The number of ether oxygens (including phenoxy) is 2. The number of hydrogen-bond donors (Lipinski definition) is 0. The van der Waals surface area contributed by atoms with E-state index in [0.29, 0.717) is 11.5 Å². The molecule has 0 bridgehead atoms. The number of esters is 1. The van der Waals surface area contributed by atoms with Gasteiger partial charge in [-0.15, -0.1) is 5.06 Å². The summed E-state index contributed by atoms with van der Waals surface area (Å²) in [4.78, 5) is 44.3. The number of nitrogens with zero attached hydrogens (tertiary/aromatic N) is 2. The fourth-order valence-electron chi connectivity index (χ4n) is 3.32.